The second kappa shape index (κ2) is 15.7. The fraction of sp³-hybridized carbons (Fsp3) is 0.571. The lowest BCUT2D eigenvalue weighted by molar-refractivity contribution is -0.149. The predicted molar refractivity (Wildman–Crippen MR) is 144 cm³/mol. The molecule has 3 atom stereocenters. The van der Waals surface area contributed by atoms with E-state index >= 15 is 0 Å². The Bertz CT molecular complexity index is 1090. The highest BCUT2D eigenvalue weighted by molar-refractivity contribution is 6.40. The molecule has 1 aliphatic heterocycles. The third-order valence-electron chi connectivity index (χ3n) is 6.23. The number of carbonyl (C=O) groups excluding carboxylic acids is 6. The van der Waals surface area contributed by atoms with E-state index in [-0.39, 0.29) is 42.7 Å². The third kappa shape index (κ3) is 10.7. The summed E-state index contributed by atoms with van der Waals surface area (Å²) in [6.45, 7) is 7.19. The molecule has 0 radical (unpaired) electrons. The van der Waals surface area contributed by atoms with Crippen LogP contribution in [-0.2, 0) is 33.5 Å². The molecule has 11 nitrogen and oxygen atoms in total. The normalized spacial score (nSPS) is 16.5. The Balaban J connectivity index is 2.14. The maximum absolute atomic E-state index is 13.9. The molecule has 1 aliphatic rings. The highest BCUT2D eigenvalue weighted by Gasteiger charge is 2.33. The molecule has 1 fully saturated rings. The topological polar surface area (TPSA) is 160 Å². The van der Waals surface area contributed by atoms with Crippen molar-refractivity contribution < 1.29 is 37.9 Å². The van der Waals surface area contributed by atoms with E-state index in [0.717, 1.165) is 6.07 Å². The molecule has 0 spiro atoms. The van der Waals surface area contributed by atoms with Crippen LogP contribution in [0, 0.1) is 23.6 Å². The quantitative estimate of drug-likeness (QED) is 0.211. The molecule has 2 rings (SSSR count). The van der Waals surface area contributed by atoms with Gasteiger partial charge in [-0.3, -0.25) is 28.8 Å². The Kier molecular flexibility index (Phi) is 12.7. The van der Waals surface area contributed by atoms with Gasteiger partial charge in [0.25, 0.3) is 0 Å². The van der Waals surface area contributed by atoms with Crippen LogP contribution in [-0.4, -0.2) is 60.6 Å². The number of piperidine rings is 1. The molecule has 0 aliphatic carbocycles. The smallest absolute Gasteiger partial charge is 0.313 e. The van der Waals surface area contributed by atoms with Crippen molar-refractivity contribution in [2.24, 2.45) is 17.8 Å². The molecule has 12 heteroatoms. The van der Waals surface area contributed by atoms with Crippen LogP contribution in [0.2, 0.25) is 0 Å². The maximum Gasteiger partial charge on any atom is 0.313 e. The number of Topliss-reactive ketones (excluding diaryl/α,β-unsaturated/α-hetero) is 1. The number of amides is 4. The van der Waals surface area contributed by atoms with Crippen LogP contribution in [0.25, 0.3) is 0 Å². The number of anilines is 1. The molecule has 0 aromatic heterocycles. The molecule has 1 aromatic rings. The summed E-state index contributed by atoms with van der Waals surface area (Å²) >= 11 is 0. The second-order valence-corrected chi connectivity index (χ2v) is 10.7. The van der Waals surface area contributed by atoms with Crippen LogP contribution >= 0.6 is 0 Å². The van der Waals surface area contributed by atoms with Gasteiger partial charge in [-0.1, -0.05) is 39.8 Å². The van der Waals surface area contributed by atoms with Crippen molar-refractivity contribution in [3.05, 3.63) is 30.1 Å². The van der Waals surface area contributed by atoms with E-state index < -0.39 is 59.9 Å². The number of para-hydroxylation sites is 1. The first-order valence-electron chi connectivity index (χ1n) is 13.5. The molecule has 220 valence electrons. The van der Waals surface area contributed by atoms with Gasteiger partial charge in [0.2, 0.25) is 11.8 Å². The zero-order valence-electron chi connectivity index (χ0n) is 23.4. The minimum absolute atomic E-state index is 0.0196. The molecule has 1 aromatic carbocycles. The van der Waals surface area contributed by atoms with Gasteiger partial charge < -0.3 is 26.0 Å². The number of ketones is 1. The van der Waals surface area contributed by atoms with Gasteiger partial charge in [0.15, 0.2) is 12.4 Å². The van der Waals surface area contributed by atoms with Crippen molar-refractivity contribution in [3.8, 4) is 0 Å². The molecule has 4 amide bonds. The third-order valence-corrected chi connectivity index (χ3v) is 6.23. The molecule has 4 N–H and O–H groups in total. The van der Waals surface area contributed by atoms with Gasteiger partial charge >= 0.3 is 17.8 Å². The number of hydrogen-bond donors (Lipinski definition) is 4. The van der Waals surface area contributed by atoms with Crippen molar-refractivity contribution in [1.82, 2.24) is 16.0 Å². The monoisotopic (exact) mass is 562 g/mol. The highest BCUT2D eigenvalue weighted by Crippen LogP contribution is 2.19. The number of carbonyl (C=O) groups is 6. The lowest BCUT2D eigenvalue weighted by Crippen LogP contribution is -2.55. The molecule has 1 heterocycles. The van der Waals surface area contributed by atoms with E-state index in [1.165, 1.54) is 18.2 Å². The number of benzene rings is 1. The number of halogens is 1. The Labute approximate surface area is 233 Å². The second-order valence-electron chi connectivity index (χ2n) is 10.7. The van der Waals surface area contributed by atoms with Gasteiger partial charge in [-0.25, -0.2) is 4.39 Å². The van der Waals surface area contributed by atoms with E-state index in [9.17, 15) is 33.2 Å². The summed E-state index contributed by atoms with van der Waals surface area (Å²) in [5.41, 5.74) is -0.198. The van der Waals surface area contributed by atoms with E-state index in [1.54, 1.807) is 13.8 Å². The predicted octanol–water partition coefficient (Wildman–Crippen LogP) is 1.85. The summed E-state index contributed by atoms with van der Waals surface area (Å²) in [4.78, 5) is 75.7. The Morgan fingerprint density at radius 3 is 2.33 bits per heavy atom. The first kappa shape index (κ1) is 32.4. The van der Waals surface area contributed by atoms with Crippen LogP contribution < -0.4 is 21.3 Å². The highest BCUT2D eigenvalue weighted by atomic mass is 19.1. The molecule has 1 unspecified atom stereocenters. The number of hydrogen-bond acceptors (Lipinski definition) is 7. The van der Waals surface area contributed by atoms with Gasteiger partial charge in [-0.2, -0.15) is 0 Å². The van der Waals surface area contributed by atoms with E-state index in [1.807, 2.05) is 13.8 Å². The summed E-state index contributed by atoms with van der Waals surface area (Å²) in [6.07, 6.45) is 1.44. The zero-order valence-corrected chi connectivity index (χ0v) is 23.4. The lowest BCUT2D eigenvalue weighted by Gasteiger charge is -2.28. The molecular formula is C28H39FN4O7. The molecular weight excluding hydrogens is 523 g/mol. The van der Waals surface area contributed by atoms with Gasteiger partial charge in [0, 0.05) is 18.9 Å². The summed E-state index contributed by atoms with van der Waals surface area (Å²) in [5.74, 6) is -5.83. The Hall–Kier alpha value is -3.83. The minimum Gasteiger partial charge on any atom is -0.458 e. The zero-order chi connectivity index (χ0) is 29.8. The van der Waals surface area contributed by atoms with Crippen molar-refractivity contribution in [3.63, 3.8) is 0 Å². The van der Waals surface area contributed by atoms with Gasteiger partial charge in [0.1, 0.15) is 11.9 Å². The van der Waals surface area contributed by atoms with Crippen LogP contribution in [0.15, 0.2) is 24.3 Å². The van der Waals surface area contributed by atoms with Crippen molar-refractivity contribution in [2.75, 3.05) is 18.5 Å². The standard InChI is InChI=1S/C28H39FN4O7/c1-16(2)12-22(33-28(39)27(38)31-20-10-6-5-9-19(20)29)26(37)32-21(14-18-8-7-11-30-25(18)36)23(34)15-40-24(35)13-17(3)4/h5-6,9-10,16-18,21-22H,7-8,11-15H2,1-4H3,(H,30,36)(H,31,38)(H,32,37)(H,33,39)/t18-,21-,22?/m0/s1. The average molecular weight is 563 g/mol. The Morgan fingerprint density at radius 2 is 1.70 bits per heavy atom. The largest absolute Gasteiger partial charge is 0.458 e. The Morgan fingerprint density at radius 1 is 1.00 bits per heavy atom. The number of nitrogens with one attached hydrogen (secondary N) is 4. The molecule has 40 heavy (non-hydrogen) atoms. The fourth-order valence-electron chi connectivity index (χ4n) is 4.20. The van der Waals surface area contributed by atoms with Crippen molar-refractivity contribution >= 4 is 41.1 Å². The van der Waals surface area contributed by atoms with E-state index in [4.69, 9.17) is 4.74 Å². The first-order chi connectivity index (χ1) is 18.9. The van der Waals surface area contributed by atoms with Gasteiger partial charge in [-0.15, -0.1) is 0 Å². The summed E-state index contributed by atoms with van der Waals surface area (Å²) < 4.78 is 19.0. The van der Waals surface area contributed by atoms with Crippen LogP contribution in [0.4, 0.5) is 10.1 Å². The molecule has 0 saturated carbocycles. The first-order valence-corrected chi connectivity index (χ1v) is 13.5. The van der Waals surface area contributed by atoms with Gasteiger partial charge in [-0.05, 0) is 49.7 Å². The summed E-state index contributed by atoms with van der Waals surface area (Å²) in [5, 5.41) is 9.84. The van der Waals surface area contributed by atoms with Crippen LogP contribution in [0.5, 0.6) is 0 Å². The minimum atomic E-state index is -1.21. The fourth-order valence-corrected chi connectivity index (χ4v) is 4.20. The summed E-state index contributed by atoms with van der Waals surface area (Å²) in [7, 11) is 0. The molecule has 1 saturated heterocycles. The number of ether oxygens (including phenoxy) is 1. The molecule has 0 bridgehead atoms. The van der Waals surface area contributed by atoms with Crippen molar-refractivity contribution in [2.45, 2.75) is 71.9 Å². The number of esters is 1. The van der Waals surface area contributed by atoms with Crippen LogP contribution in [0.3, 0.4) is 0 Å². The summed E-state index contributed by atoms with van der Waals surface area (Å²) in [6, 6.07) is 2.92. The lowest BCUT2D eigenvalue weighted by atomic mass is 9.90. The SMILES string of the molecule is CC(C)CC(=O)OCC(=O)[C@H](C[C@@H]1CCCNC1=O)NC(=O)C(CC(C)C)NC(=O)C(=O)Nc1ccccc1F. The van der Waals surface area contributed by atoms with Crippen LogP contribution in [0.1, 0.15) is 59.8 Å². The van der Waals surface area contributed by atoms with Gasteiger partial charge in [0.05, 0.1) is 11.7 Å². The average Bonchev–Trinajstić information content (AvgIpc) is 2.88. The van der Waals surface area contributed by atoms with E-state index in [0.29, 0.717) is 19.4 Å². The van der Waals surface area contributed by atoms with Crippen molar-refractivity contribution in [1.29, 1.82) is 0 Å². The van der Waals surface area contributed by atoms with E-state index in [2.05, 4.69) is 21.3 Å². The number of rotatable bonds is 13. The maximum atomic E-state index is 13.9.